The van der Waals surface area contributed by atoms with Gasteiger partial charge in [-0.15, -0.1) is 0 Å². The zero-order valence-corrected chi connectivity index (χ0v) is 16.4. The molecule has 140 valence electrons. The molecular weight excluding hydrogens is 328 g/mol. The van der Waals surface area contributed by atoms with Crippen LogP contribution in [0.2, 0.25) is 0 Å². The number of ether oxygens (including phenoxy) is 1. The quantitative estimate of drug-likeness (QED) is 0.571. The van der Waals surface area contributed by atoms with Gasteiger partial charge in [0.2, 0.25) is 0 Å². The number of nitrogens with one attached hydrogen (secondary N) is 2. The highest BCUT2D eigenvalue weighted by molar-refractivity contribution is 7.86. The van der Waals surface area contributed by atoms with Crippen molar-refractivity contribution in [1.82, 2.24) is 15.5 Å². The van der Waals surface area contributed by atoms with Gasteiger partial charge in [-0.2, -0.15) is 0 Å². The van der Waals surface area contributed by atoms with Crippen LogP contribution >= 0.6 is 0 Å². The second kappa shape index (κ2) is 9.86. The Hall–Kier alpha value is -1.31. The number of carbonyl (C=O) groups is 1. The van der Waals surface area contributed by atoms with Gasteiger partial charge in [0.15, 0.2) is 5.96 Å². The van der Waals surface area contributed by atoms with E-state index in [9.17, 15) is 9.00 Å². The van der Waals surface area contributed by atoms with E-state index in [0.717, 1.165) is 25.3 Å². The summed E-state index contributed by atoms with van der Waals surface area (Å²) in [4.78, 5) is 17.7. The van der Waals surface area contributed by atoms with Crippen LogP contribution in [0.25, 0.3) is 0 Å². The van der Waals surface area contributed by atoms with Crippen molar-refractivity contribution in [3.05, 3.63) is 0 Å². The second-order valence-corrected chi connectivity index (χ2v) is 9.12. The molecule has 24 heavy (non-hydrogen) atoms. The van der Waals surface area contributed by atoms with Crippen molar-refractivity contribution in [3.8, 4) is 0 Å². The van der Waals surface area contributed by atoms with Gasteiger partial charge in [-0.05, 0) is 40.5 Å². The van der Waals surface area contributed by atoms with E-state index in [1.54, 1.807) is 4.90 Å². The van der Waals surface area contributed by atoms with Crippen LogP contribution in [-0.4, -0.2) is 71.0 Å². The molecule has 1 saturated heterocycles. The number of piperidine rings is 1. The second-order valence-electron chi connectivity index (χ2n) is 6.80. The van der Waals surface area contributed by atoms with Gasteiger partial charge in [-0.25, -0.2) is 4.79 Å². The number of hydrogen-bond donors (Lipinski definition) is 2. The summed E-state index contributed by atoms with van der Waals surface area (Å²) in [6, 6.07) is 0.275. The molecular formula is C16H32N4O3S. The third kappa shape index (κ3) is 7.07. The molecule has 7 nitrogen and oxygen atoms in total. The predicted octanol–water partition coefficient (Wildman–Crippen LogP) is 1.32. The number of aliphatic imine (C=N–C) groups is 1. The molecule has 0 aromatic carbocycles. The van der Waals surface area contributed by atoms with Gasteiger partial charge < -0.3 is 20.3 Å². The van der Waals surface area contributed by atoms with Gasteiger partial charge in [-0.3, -0.25) is 9.20 Å². The molecule has 0 aromatic heterocycles. The number of nitrogens with zero attached hydrogens (tertiary/aromatic N) is 2. The fourth-order valence-electron chi connectivity index (χ4n) is 2.40. The standard InChI is InChI=1S/C16H32N4O3S/c1-6-17-14(18-9-12-24(22)16(2,3)4)19-13-7-10-20(11-8-13)15(21)23-5/h13H,6-12H2,1-5H3,(H2,17,18,19). The van der Waals surface area contributed by atoms with Crippen molar-refractivity contribution in [1.29, 1.82) is 0 Å². The summed E-state index contributed by atoms with van der Waals surface area (Å²) >= 11 is 0. The van der Waals surface area contributed by atoms with Crippen LogP contribution < -0.4 is 10.6 Å². The third-order valence-electron chi connectivity index (χ3n) is 3.84. The lowest BCUT2D eigenvalue weighted by Crippen LogP contribution is -2.49. The first-order valence-electron chi connectivity index (χ1n) is 8.54. The average molecular weight is 361 g/mol. The highest BCUT2D eigenvalue weighted by Gasteiger charge is 2.24. The van der Waals surface area contributed by atoms with Crippen LogP contribution in [0.1, 0.15) is 40.5 Å². The van der Waals surface area contributed by atoms with E-state index in [2.05, 4.69) is 15.6 Å². The lowest BCUT2D eigenvalue weighted by Gasteiger charge is -2.32. The first kappa shape index (κ1) is 20.7. The molecule has 1 rings (SSSR count). The number of guanidine groups is 1. The molecule has 1 unspecified atom stereocenters. The Bertz CT molecular complexity index is 455. The molecule has 0 saturated carbocycles. The SMILES string of the molecule is CCNC(=NCCS(=O)C(C)(C)C)NC1CCN(C(=O)OC)CC1. The maximum atomic E-state index is 12.1. The summed E-state index contributed by atoms with van der Waals surface area (Å²) in [6.45, 7) is 10.6. The van der Waals surface area contributed by atoms with E-state index in [1.807, 2.05) is 27.7 Å². The Kier molecular flexibility index (Phi) is 8.52. The molecule has 2 N–H and O–H groups in total. The van der Waals surface area contributed by atoms with Crippen LogP contribution in [0.15, 0.2) is 4.99 Å². The van der Waals surface area contributed by atoms with Crippen LogP contribution in [0.4, 0.5) is 4.79 Å². The van der Waals surface area contributed by atoms with Gasteiger partial charge in [0, 0.05) is 47.0 Å². The number of rotatable bonds is 5. The minimum atomic E-state index is -0.896. The maximum absolute atomic E-state index is 12.1. The largest absolute Gasteiger partial charge is 0.453 e. The molecule has 1 heterocycles. The van der Waals surface area contributed by atoms with E-state index in [-0.39, 0.29) is 16.9 Å². The van der Waals surface area contributed by atoms with Crippen molar-refractivity contribution in [2.75, 3.05) is 39.0 Å². The van der Waals surface area contributed by atoms with E-state index >= 15 is 0 Å². The summed E-state index contributed by atoms with van der Waals surface area (Å²) in [7, 11) is 0.511. The van der Waals surface area contributed by atoms with Crippen molar-refractivity contribution >= 4 is 22.9 Å². The normalized spacial score (nSPS) is 18.2. The predicted molar refractivity (Wildman–Crippen MR) is 98.9 cm³/mol. The van der Waals surface area contributed by atoms with Gasteiger partial charge in [0.25, 0.3) is 0 Å². The molecule has 0 aromatic rings. The smallest absolute Gasteiger partial charge is 0.409 e. The molecule has 1 amide bonds. The van der Waals surface area contributed by atoms with Gasteiger partial charge in [0.05, 0.1) is 13.7 Å². The number of carbonyl (C=O) groups excluding carboxylic acids is 1. The zero-order valence-electron chi connectivity index (χ0n) is 15.6. The summed E-state index contributed by atoms with van der Waals surface area (Å²) in [5.74, 6) is 1.31. The molecule has 1 aliphatic heterocycles. The molecule has 1 fully saturated rings. The number of amides is 1. The molecule has 1 atom stereocenters. The fourth-order valence-corrected chi connectivity index (χ4v) is 3.26. The molecule has 0 spiro atoms. The summed E-state index contributed by atoms with van der Waals surface area (Å²) < 4.78 is 16.6. The van der Waals surface area contributed by atoms with E-state index in [4.69, 9.17) is 4.74 Å². The van der Waals surface area contributed by atoms with E-state index in [1.165, 1.54) is 7.11 Å². The number of methoxy groups -OCH3 is 1. The molecule has 0 radical (unpaired) electrons. The van der Waals surface area contributed by atoms with Gasteiger partial charge in [-0.1, -0.05) is 0 Å². The Morgan fingerprint density at radius 2 is 1.96 bits per heavy atom. The Balaban J connectivity index is 2.47. The van der Waals surface area contributed by atoms with Crippen molar-refractivity contribution in [2.45, 2.75) is 51.3 Å². The monoisotopic (exact) mass is 360 g/mol. The maximum Gasteiger partial charge on any atom is 0.409 e. The molecule has 1 aliphatic rings. The topological polar surface area (TPSA) is 83.0 Å². The molecule has 8 heteroatoms. The first-order chi connectivity index (χ1) is 11.3. The number of hydrogen-bond acceptors (Lipinski definition) is 4. The zero-order chi connectivity index (χ0) is 18.2. The summed E-state index contributed by atoms with van der Waals surface area (Å²) in [6.07, 6.45) is 1.44. The number of likely N-dealkylation sites (tertiary alicyclic amines) is 1. The van der Waals surface area contributed by atoms with Crippen LogP contribution in [0.3, 0.4) is 0 Å². The van der Waals surface area contributed by atoms with E-state index in [0.29, 0.717) is 25.4 Å². The van der Waals surface area contributed by atoms with Crippen LogP contribution in [-0.2, 0) is 15.5 Å². The van der Waals surface area contributed by atoms with Gasteiger partial charge in [0.1, 0.15) is 0 Å². The minimum Gasteiger partial charge on any atom is -0.453 e. The van der Waals surface area contributed by atoms with Crippen LogP contribution in [0, 0.1) is 0 Å². The highest BCUT2D eigenvalue weighted by Crippen LogP contribution is 2.12. The minimum absolute atomic E-state index is 0.206. The Labute approximate surface area is 148 Å². The van der Waals surface area contributed by atoms with E-state index < -0.39 is 10.8 Å². The lowest BCUT2D eigenvalue weighted by atomic mass is 10.1. The Morgan fingerprint density at radius 1 is 1.33 bits per heavy atom. The summed E-state index contributed by atoms with van der Waals surface area (Å²) in [5, 5.41) is 6.63. The highest BCUT2D eigenvalue weighted by atomic mass is 32.2. The summed E-state index contributed by atoms with van der Waals surface area (Å²) in [5.41, 5.74) is 0. The van der Waals surface area contributed by atoms with Crippen molar-refractivity contribution in [2.24, 2.45) is 4.99 Å². The third-order valence-corrected chi connectivity index (χ3v) is 5.76. The van der Waals surface area contributed by atoms with Crippen LogP contribution in [0.5, 0.6) is 0 Å². The van der Waals surface area contributed by atoms with Crippen molar-refractivity contribution < 1.29 is 13.7 Å². The average Bonchev–Trinajstić information content (AvgIpc) is 2.54. The lowest BCUT2D eigenvalue weighted by molar-refractivity contribution is 0.111. The Morgan fingerprint density at radius 3 is 2.46 bits per heavy atom. The molecule has 0 aliphatic carbocycles. The first-order valence-corrected chi connectivity index (χ1v) is 9.86. The fraction of sp³-hybridized carbons (Fsp3) is 0.875. The molecule has 0 bridgehead atoms. The van der Waals surface area contributed by atoms with Crippen molar-refractivity contribution in [3.63, 3.8) is 0 Å². The van der Waals surface area contributed by atoms with Gasteiger partial charge >= 0.3 is 6.09 Å².